The molecule has 1 fully saturated rings. The summed E-state index contributed by atoms with van der Waals surface area (Å²) < 4.78 is 16.9. The topological polar surface area (TPSA) is 98.2 Å². The van der Waals surface area contributed by atoms with E-state index in [-0.39, 0.29) is 24.0 Å². The number of aromatic nitrogens is 1. The molecule has 2 aromatic rings. The van der Waals surface area contributed by atoms with Gasteiger partial charge in [-0.05, 0) is 58.4 Å². The van der Waals surface area contributed by atoms with Gasteiger partial charge < -0.3 is 24.2 Å². The van der Waals surface area contributed by atoms with Crippen molar-refractivity contribution in [3.8, 4) is 11.5 Å². The first kappa shape index (κ1) is 25.2. The highest BCUT2D eigenvalue weighted by Gasteiger charge is 2.46. The number of aliphatic hydroxyl groups is 1. The van der Waals surface area contributed by atoms with E-state index < -0.39 is 17.7 Å². The Hall–Kier alpha value is -3.39. The zero-order valence-corrected chi connectivity index (χ0v) is 20.1. The van der Waals surface area contributed by atoms with E-state index in [1.54, 1.807) is 42.6 Å². The summed E-state index contributed by atoms with van der Waals surface area (Å²) in [4.78, 5) is 32.0. The van der Waals surface area contributed by atoms with Gasteiger partial charge in [0, 0.05) is 25.4 Å². The fourth-order valence-electron chi connectivity index (χ4n) is 3.88. The molecule has 1 atom stereocenters. The molecule has 34 heavy (non-hydrogen) atoms. The molecular formula is C26H32N2O6. The van der Waals surface area contributed by atoms with Gasteiger partial charge in [-0.25, -0.2) is 0 Å². The van der Waals surface area contributed by atoms with Crippen molar-refractivity contribution in [3.63, 3.8) is 0 Å². The highest BCUT2D eigenvalue weighted by molar-refractivity contribution is 6.46. The first-order chi connectivity index (χ1) is 16.4. The van der Waals surface area contributed by atoms with Crippen molar-refractivity contribution in [2.75, 3.05) is 26.4 Å². The van der Waals surface area contributed by atoms with Crippen molar-refractivity contribution in [3.05, 3.63) is 59.4 Å². The van der Waals surface area contributed by atoms with Gasteiger partial charge in [0.25, 0.3) is 11.7 Å². The first-order valence-corrected chi connectivity index (χ1v) is 11.6. The zero-order chi connectivity index (χ0) is 24.7. The third-order valence-corrected chi connectivity index (χ3v) is 5.32. The van der Waals surface area contributed by atoms with E-state index in [0.717, 1.165) is 0 Å². The van der Waals surface area contributed by atoms with Gasteiger partial charge in [-0.3, -0.25) is 14.6 Å². The molecule has 1 amide bonds. The third-order valence-electron chi connectivity index (χ3n) is 5.32. The third kappa shape index (κ3) is 5.56. The lowest BCUT2D eigenvalue weighted by Crippen LogP contribution is -2.31. The fourth-order valence-corrected chi connectivity index (χ4v) is 3.88. The minimum atomic E-state index is -0.818. The summed E-state index contributed by atoms with van der Waals surface area (Å²) in [6.45, 7) is 9.13. The largest absolute Gasteiger partial charge is 0.507 e. The fraction of sp³-hybridized carbons (Fsp3) is 0.423. The molecule has 1 N–H and O–H groups in total. The highest BCUT2D eigenvalue weighted by atomic mass is 16.5. The molecule has 8 nitrogen and oxygen atoms in total. The first-order valence-electron chi connectivity index (χ1n) is 11.6. The number of benzene rings is 1. The molecule has 0 saturated carbocycles. The number of ketones is 1. The van der Waals surface area contributed by atoms with Crippen LogP contribution >= 0.6 is 0 Å². The van der Waals surface area contributed by atoms with Crippen molar-refractivity contribution in [1.82, 2.24) is 9.88 Å². The molecule has 182 valence electrons. The van der Waals surface area contributed by atoms with Crippen LogP contribution in [0.25, 0.3) is 5.76 Å². The molecule has 0 bridgehead atoms. The Bertz CT molecular complexity index is 1030. The number of likely N-dealkylation sites (tertiary alicyclic amines) is 1. The van der Waals surface area contributed by atoms with Gasteiger partial charge in [-0.1, -0.05) is 6.07 Å². The Kier molecular flexibility index (Phi) is 8.65. The smallest absolute Gasteiger partial charge is 0.295 e. The molecule has 1 aliphatic heterocycles. The Morgan fingerprint density at radius 2 is 1.88 bits per heavy atom. The summed E-state index contributed by atoms with van der Waals surface area (Å²) in [7, 11) is 0. The second-order valence-corrected chi connectivity index (χ2v) is 8.04. The molecule has 0 aliphatic carbocycles. The number of Topliss-reactive ketones (excluding diaryl/α,β-unsaturated/α-hetero) is 1. The Labute approximate surface area is 200 Å². The molecule has 1 aliphatic rings. The second-order valence-electron chi connectivity index (χ2n) is 8.04. The summed E-state index contributed by atoms with van der Waals surface area (Å²) >= 11 is 0. The predicted octanol–water partition coefficient (Wildman–Crippen LogP) is 4.12. The summed E-state index contributed by atoms with van der Waals surface area (Å²) in [5.41, 5.74) is 0.794. The monoisotopic (exact) mass is 468 g/mol. The standard InChI is InChI=1S/C26H32N2O6/c1-5-32-18-11-12-19(21(16-18)33-6-2)24(29)22-23(20-10-7-8-13-27-20)28(26(31)25(22)30)14-9-15-34-17(3)4/h7-8,10-13,16-17,23,29H,5-6,9,14-15H2,1-4H3/b24-22-. The van der Waals surface area contributed by atoms with Gasteiger partial charge in [-0.2, -0.15) is 0 Å². The van der Waals surface area contributed by atoms with Gasteiger partial charge in [-0.15, -0.1) is 0 Å². The predicted molar refractivity (Wildman–Crippen MR) is 128 cm³/mol. The van der Waals surface area contributed by atoms with Gasteiger partial charge in [0.2, 0.25) is 0 Å². The number of ether oxygens (including phenoxy) is 3. The van der Waals surface area contributed by atoms with Crippen molar-refractivity contribution in [2.24, 2.45) is 0 Å². The van der Waals surface area contributed by atoms with E-state index in [2.05, 4.69) is 4.98 Å². The molecule has 1 unspecified atom stereocenters. The average molecular weight is 469 g/mol. The van der Waals surface area contributed by atoms with Crippen molar-refractivity contribution < 1.29 is 28.9 Å². The number of hydrogen-bond donors (Lipinski definition) is 1. The molecule has 1 aromatic carbocycles. The van der Waals surface area contributed by atoms with E-state index in [4.69, 9.17) is 14.2 Å². The molecule has 0 spiro atoms. The number of nitrogens with zero attached hydrogens (tertiary/aromatic N) is 2. The normalized spacial score (nSPS) is 17.4. The number of carbonyl (C=O) groups is 2. The molecule has 1 saturated heterocycles. The lowest BCUT2D eigenvalue weighted by molar-refractivity contribution is -0.140. The van der Waals surface area contributed by atoms with Crippen LogP contribution in [-0.2, 0) is 14.3 Å². The quantitative estimate of drug-likeness (QED) is 0.229. The maximum Gasteiger partial charge on any atom is 0.295 e. The van der Waals surface area contributed by atoms with Gasteiger partial charge in [0.15, 0.2) is 0 Å². The summed E-state index contributed by atoms with van der Waals surface area (Å²) in [6, 6.07) is 9.45. The number of rotatable bonds is 11. The molecular weight excluding hydrogens is 436 g/mol. The second kappa shape index (κ2) is 11.7. The summed E-state index contributed by atoms with van der Waals surface area (Å²) in [5.74, 6) is -0.794. The van der Waals surface area contributed by atoms with Gasteiger partial charge in [0.1, 0.15) is 23.3 Å². The SMILES string of the molecule is CCOc1ccc(/C(O)=C2/C(=O)C(=O)N(CCCOC(C)C)C2c2ccccn2)c(OCC)c1. The van der Waals surface area contributed by atoms with Crippen LogP contribution in [0.4, 0.5) is 0 Å². The maximum atomic E-state index is 13.2. The van der Waals surface area contributed by atoms with Crippen LogP contribution < -0.4 is 9.47 Å². The zero-order valence-electron chi connectivity index (χ0n) is 20.1. The number of carbonyl (C=O) groups excluding carboxylic acids is 2. The summed E-state index contributed by atoms with van der Waals surface area (Å²) in [6.07, 6.45) is 2.21. The van der Waals surface area contributed by atoms with Crippen LogP contribution in [0.5, 0.6) is 11.5 Å². The Morgan fingerprint density at radius 1 is 1.12 bits per heavy atom. The molecule has 1 aromatic heterocycles. The van der Waals surface area contributed by atoms with E-state index >= 15 is 0 Å². The highest BCUT2D eigenvalue weighted by Crippen LogP contribution is 2.41. The minimum absolute atomic E-state index is 0.0152. The van der Waals surface area contributed by atoms with E-state index in [0.29, 0.717) is 49.0 Å². The molecule has 8 heteroatoms. The van der Waals surface area contributed by atoms with Crippen LogP contribution in [0, 0.1) is 0 Å². The van der Waals surface area contributed by atoms with Crippen LogP contribution in [0.15, 0.2) is 48.2 Å². The van der Waals surface area contributed by atoms with Crippen LogP contribution in [-0.4, -0.2) is 59.2 Å². The van der Waals surface area contributed by atoms with Crippen LogP contribution in [0.2, 0.25) is 0 Å². The molecule has 0 radical (unpaired) electrons. The Morgan fingerprint density at radius 3 is 2.53 bits per heavy atom. The van der Waals surface area contributed by atoms with E-state index in [1.165, 1.54) is 4.90 Å². The number of pyridine rings is 1. The maximum absolute atomic E-state index is 13.2. The van der Waals surface area contributed by atoms with Crippen molar-refractivity contribution in [1.29, 1.82) is 0 Å². The lowest BCUT2D eigenvalue weighted by Gasteiger charge is -2.24. The van der Waals surface area contributed by atoms with E-state index in [9.17, 15) is 14.7 Å². The average Bonchev–Trinajstić information content (AvgIpc) is 3.07. The minimum Gasteiger partial charge on any atom is -0.507 e. The lowest BCUT2D eigenvalue weighted by atomic mass is 9.97. The van der Waals surface area contributed by atoms with E-state index in [1.807, 2.05) is 27.7 Å². The van der Waals surface area contributed by atoms with Gasteiger partial charge >= 0.3 is 0 Å². The number of amides is 1. The number of aliphatic hydroxyl groups excluding tert-OH is 1. The number of hydrogen-bond acceptors (Lipinski definition) is 7. The van der Waals surface area contributed by atoms with Gasteiger partial charge in [0.05, 0.1) is 36.1 Å². The van der Waals surface area contributed by atoms with Crippen molar-refractivity contribution >= 4 is 17.4 Å². The van der Waals surface area contributed by atoms with Crippen molar-refractivity contribution in [2.45, 2.75) is 46.3 Å². The van der Waals surface area contributed by atoms with Crippen LogP contribution in [0.3, 0.4) is 0 Å². The molecule has 3 rings (SSSR count). The summed E-state index contributed by atoms with van der Waals surface area (Å²) in [5, 5.41) is 11.3. The Balaban J connectivity index is 2.07. The molecule has 2 heterocycles. The van der Waals surface area contributed by atoms with Crippen LogP contribution in [0.1, 0.15) is 51.4 Å².